The van der Waals surface area contributed by atoms with Crippen LogP contribution in [0.3, 0.4) is 0 Å². The van der Waals surface area contributed by atoms with Gasteiger partial charge in [0.05, 0.1) is 19.8 Å². The number of ether oxygens (including phenoxy) is 2. The summed E-state index contributed by atoms with van der Waals surface area (Å²) in [5, 5.41) is 8.92. The van der Waals surface area contributed by atoms with Crippen molar-refractivity contribution in [3.05, 3.63) is 11.6 Å². The van der Waals surface area contributed by atoms with Gasteiger partial charge in [-0.2, -0.15) is 0 Å². The fourth-order valence-corrected chi connectivity index (χ4v) is 1.98. The van der Waals surface area contributed by atoms with Crippen LogP contribution in [0, 0.1) is 11.8 Å². The SMILES string of the molecule is CC(C)C(C)COC(=O)/C(=C/C(=O)O)CCN1CCOCC1. The molecule has 1 N–H and O–H groups in total. The summed E-state index contributed by atoms with van der Waals surface area (Å²) in [7, 11) is 0. The Morgan fingerprint density at radius 2 is 1.91 bits per heavy atom. The van der Waals surface area contributed by atoms with E-state index in [9.17, 15) is 9.59 Å². The monoisotopic (exact) mass is 313 g/mol. The highest BCUT2D eigenvalue weighted by Crippen LogP contribution is 2.13. The van der Waals surface area contributed by atoms with Crippen LogP contribution in [0.15, 0.2) is 11.6 Å². The van der Waals surface area contributed by atoms with Crippen molar-refractivity contribution in [1.82, 2.24) is 4.90 Å². The Kier molecular flexibility index (Phi) is 8.12. The van der Waals surface area contributed by atoms with E-state index in [4.69, 9.17) is 14.6 Å². The summed E-state index contributed by atoms with van der Waals surface area (Å²) < 4.78 is 10.5. The Hall–Kier alpha value is -1.40. The number of aliphatic carboxylic acids is 1. The van der Waals surface area contributed by atoms with Crippen LogP contribution in [-0.4, -0.2) is 61.4 Å². The number of hydrogen-bond donors (Lipinski definition) is 1. The van der Waals surface area contributed by atoms with E-state index in [-0.39, 0.29) is 11.5 Å². The molecule has 1 atom stereocenters. The largest absolute Gasteiger partial charge is 0.478 e. The summed E-state index contributed by atoms with van der Waals surface area (Å²) in [6.45, 7) is 10.0. The molecule has 1 unspecified atom stereocenters. The quantitative estimate of drug-likeness (QED) is 0.541. The van der Waals surface area contributed by atoms with Crippen LogP contribution in [0.5, 0.6) is 0 Å². The van der Waals surface area contributed by atoms with Crippen LogP contribution in [0.1, 0.15) is 27.2 Å². The van der Waals surface area contributed by atoms with Crippen molar-refractivity contribution in [2.45, 2.75) is 27.2 Å². The molecule has 0 bridgehead atoms. The number of rotatable bonds is 8. The molecule has 6 nitrogen and oxygen atoms in total. The fourth-order valence-electron chi connectivity index (χ4n) is 1.98. The zero-order valence-corrected chi connectivity index (χ0v) is 13.7. The number of nitrogens with zero attached hydrogens (tertiary/aromatic N) is 1. The minimum atomic E-state index is -1.12. The van der Waals surface area contributed by atoms with Crippen LogP contribution in [-0.2, 0) is 19.1 Å². The van der Waals surface area contributed by atoms with Gasteiger partial charge >= 0.3 is 11.9 Å². The van der Waals surface area contributed by atoms with Gasteiger partial charge < -0.3 is 14.6 Å². The first-order valence-corrected chi connectivity index (χ1v) is 7.81. The van der Waals surface area contributed by atoms with Gasteiger partial charge in [0.25, 0.3) is 0 Å². The molecule has 0 aromatic carbocycles. The lowest BCUT2D eigenvalue weighted by molar-refractivity contribution is -0.141. The zero-order valence-electron chi connectivity index (χ0n) is 13.7. The third-order valence-electron chi connectivity index (χ3n) is 3.98. The third-order valence-corrected chi connectivity index (χ3v) is 3.98. The maximum absolute atomic E-state index is 12.1. The van der Waals surface area contributed by atoms with E-state index < -0.39 is 11.9 Å². The molecule has 0 radical (unpaired) electrons. The molecule has 1 fully saturated rings. The molecular weight excluding hydrogens is 286 g/mol. The molecule has 0 aromatic heterocycles. The lowest BCUT2D eigenvalue weighted by atomic mass is 9.99. The van der Waals surface area contributed by atoms with Gasteiger partial charge in [0.15, 0.2) is 0 Å². The van der Waals surface area contributed by atoms with Gasteiger partial charge in [0.1, 0.15) is 0 Å². The van der Waals surface area contributed by atoms with Crippen LogP contribution in [0.2, 0.25) is 0 Å². The second kappa shape index (κ2) is 9.58. The van der Waals surface area contributed by atoms with E-state index in [1.54, 1.807) is 0 Å². The van der Waals surface area contributed by atoms with E-state index in [1.807, 2.05) is 6.92 Å². The standard InChI is InChI=1S/C16H27NO5/c1-12(2)13(3)11-22-16(20)14(10-15(18)19)4-5-17-6-8-21-9-7-17/h10,12-13H,4-9,11H2,1-3H3,(H,18,19)/b14-10+. The Morgan fingerprint density at radius 1 is 1.27 bits per heavy atom. The van der Waals surface area contributed by atoms with Crippen molar-refractivity contribution in [1.29, 1.82) is 0 Å². The van der Waals surface area contributed by atoms with Crippen molar-refractivity contribution in [2.75, 3.05) is 39.5 Å². The average molecular weight is 313 g/mol. The summed E-state index contributed by atoms with van der Waals surface area (Å²) >= 11 is 0. The molecule has 1 aliphatic heterocycles. The molecule has 6 heteroatoms. The molecule has 0 aromatic rings. The van der Waals surface area contributed by atoms with Crippen molar-refractivity contribution < 1.29 is 24.2 Å². The topological polar surface area (TPSA) is 76.1 Å². The smallest absolute Gasteiger partial charge is 0.334 e. The summed E-state index contributed by atoms with van der Waals surface area (Å²) in [5.41, 5.74) is 0.218. The second-order valence-corrected chi connectivity index (χ2v) is 6.03. The van der Waals surface area contributed by atoms with E-state index >= 15 is 0 Å². The van der Waals surface area contributed by atoms with Gasteiger partial charge in [0.2, 0.25) is 0 Å². The predicted molar refractivity (Wildman–Crippen MR) is 82.6 cm³/mol. The minimum absolute atomic E-state index is 0.218. The normalized spacial score (nSPS) is 18.3. The number of carbonyl (C=O) groups excluding carboxylic acids is 1. The lowest BCUT2D eigenvalue weighted by Gasteiger charge is -2.26. The fraction of sp³-hybridized carbons (Fsp3) is 0.750. The van der Waals surface area contributed by atoms with Gasteiger partial charge in [-0.05, 0) is 18.3 Å². The van der Waals surface area contributed by atoms with Crippen LogP contribution >= 0.6 is 0 Å². The highest BCUT2D eigenvalue weighted by molar-refractivity contribution is 5.95. The first-order valence-electron chi connectivity index (χ1n) is 7.81. The molecule has 1 heterocycles. The maximum Gasteiger partial charge on any atom is 0.334 e. The molecule has 1 aliphatic rings. The van der Waals surface area contributed by atoms with Gasteiger partial charge in [-0.3, -0.25) is 4.90 Å². The Morgan fingerprint density at radius 3 is 2.45 bits per heavy atom. The first kappa shape index (κ1) is 18.6. The second-order valence-electron chi connectivity index (χ2n) is 6.03. The molecule has 0 aliphatic carbocycles. The minimum Gasteiger partial charge on any atom is -0.478 e. The van der Waals surface area contributed by atoms with E-state index in [0.717, 1.165) is 19.2 Å². The van der Waals surface area contributed by atoms with Gasteiger partial charge in [-0.15, -0.1) is 0 Å². The molecule has 1 rings (SSSR count). The summed E-state index contributed by atoms with van der Waals surface area (Å²) in [6.07, 6.45) is 1.34. The highest BCUT2D eigenvalue weighted by Gasteiger charge is 2.18. The molecule has 126 valence electrons. The third kappa shape index (κ3) is 7.04. The van der Waals surface area contributed by atoms with Gasteiger partial charge in [-0.1, -0.05) is 20.8 Å². The Bertz CT molecular complexity index is 399. The number of morpholine rings is 1. The molecule has 22 heavy (non-hydrogen) atoms. The molecular formula is C16H27NO5. The molecule has 0 amide bonds. The number of carboxylic acids is 1. The number of carboxylic acid groups (broad SMARTS) is 1. The highest BCUT2D eigenvalue weighted by atomic mass is 16.5. The number of esters is 1. The zero-order chi connectivity index (χ0) is 16.5. The van der Waals surface area contributed by atoms with Gasteiger partial charge in [-0.25, -0.2) is 9.59 Å². The average Bonchev–Trinajstić information content (AvgIpc) is 2.49. The van der Waals surface area contributed by atoms with Crippen molar-refractivity contribution in [3.8, 4) is 0 Å². The van der Waals surface area contributed by atoms with Crippen LogP contribution < -0.4 is 0 Å². The van der Waals surface area contributed by atoms with Crippen LogP contribution in [0.25, 0.3) is 0 Å². The van der Waals surface area contributed by atoms with E-state index in [0.29, 0.717) is 38.7 Å². The predicted octanol–water partition coefficient (Wildman–Crippen LogP) is 1.55. The Labute approximate surface area is 132 Å². The Balaban J connectivity index is 2.52. The first-order chi connectivity index (χ1) is 10.4. The van der Waals surface area contributed by atoms with Crippen LogP contribution in [0.4, 0.5) is 0 Å². The molecule has 0 saturated carbocycles. The molecule has 1 saturated heterocycles. The summed E-state index contributed by atoms with van der Waals surface area (Å²) in [5.74, 6) is -0.990. The van der Waals surface area contributed by atoms with E-state index in [1.165, 1.54) is 0 Å². The van der Waals surface area contributed by atoms with Crippen molar-refractivity contribution in [2.24, 2.45) is 11.8 Å². The number of carbonyl (C=O) groups is 2. The maximum atomic E-state index is 12.1. The molecule has 0 spiro atoms. The van der Waals surface area contributed by atoms with Crippen molar-refractivity contribution >= 4 is 11.9 Å². The van der Waals surface area contributed by atoms with Crippen molar-refractivity contribution in [3.63, 3.8) is 0 Å². The van der Waals surface area contributed by atoms with E-state index in [2.05, 4.69) is 18.7 Å². The number of hydrogen-bond acceptors (Lipinski definition) is 5. The lowest BCUT2D eigenvalue weighted by Crippen LogP contribution is -2.37. The van der Waals surface area contributed by atoms with Gasteiger partial charge in [0, 0.05) is 31.3 Å². The summed E-state index contributed by atoms with van der Waals surface area (Å²) in [4.78, 5) is 25.1. The summed E-state index contributed by atoms with van der Waals surface area (Å²) in [6, 6.07) is 0.